The molecule has 0 bridgehead atoms. The lowest BCUT2D eigenvalue weighted by atomic mass is 10.0. The van der Waals surface area contributed by atoms with E-state index in [-0.39, 0.29) is 23.7 Å². The van der Waals surface area contributed by atoms with Crippen LogP contribution in [0, 0.1) is 0 Å². The first kappa shape index (κ1) is 14.8. The fourth-order valence-corrected chi connectivity index (χ4v) is 2.74. The smallest absolute Gasteiger partial charge is 0.238 e. The number of phenolic OH excluding ortho intramolecular Hbond substituents is 1. The Hall–Kier alpha value is -1.59. The first-order valence-corrected chi connectivity index (χ1v) is 7.17. The number of rotatable bonds is 4. The Bertz CT molecular complexity index is 464. The minimum Gasteiger partial charge on any atom is -0.508 e. The molecular formula is C15H23N3O2. The first-order chi connectivity index (χ1) is 9.65. The largest absolute Gasteiger partial charge is 0.508 e. The van der Waals surface area contributed by atoms with E-state index in [1.165, 1.54) is 0 Å². The molecule has 1 saturated heterocycles. The highest BCUT2D eigenvalue weighted by Gasteiger charge is 2.32. The Morgan fingerprint density at radius 1 is 1.55 bits per heavy atom. The number of benzene rings is 1. The van der Waals surface area contributed by atoms with Crippen molar-refractivity contribution in [1.82, 2.24) is 15.5 Å². The minimum atomic E-state index is -0.196. The summed E-state index contributed by atoms with van der Waals surface area (Å²) in [6.07, 6.45) is 0. The molecule has 110 valence electrons. The number of para-hydroxylation sites is 1. The summed E-state index contributed by atoms with van der Waals surface area (Å²) in [7, 11) is 0. The van der Waals surface area contributed by atoms with Gasteiger partial charge in [0.1, 0.15) is 11.8 Å². The standard InChI is InChI=1S/C15H23N3O2/c1-3-17-15(20)13-10-16-8-9-18(13)11(2)12-6-4-5-7-14(12)19/h4-7,11,13,16,19H,3,8-10H2,1-2H3,(H,17,20). The summed E-state index contributed by atoms with van der Waals surface area (Å²) >= 11 is 0. The summed E-state index contributed by atoms with van der Waals surface area (Å²) < 4.78 is 0. The monoisotopic (exact) mass is 277 g/mol. The second-order valence-corrected chi connectivity index (χ2v) is 5.09. The van der Waals surface area contributed by atoms with Crippen LogP contribution in [0.4, 0.5) is 0 Å². The Kier molecular flexibility index (Phi) is 4.98. The lowest BCUT2D eigenvalue weighted by Crippen LogP contribution is -2.58. The maximum Gasteiger partial charge on any atom is 0.238 e. The summed E-state index contributed by atoms with van der Waals surface area (Å²) in [5.41, 5.74) is 0.865. The van der Waals surface area contributed by atoms with Gasteiger partial charge in [-0.3, -0.25) is 9.69 Å². The van der Waals surface area contributed by atoms with Crippen molar-refractivity contribution in [3.8, 4) is 5.75 Å². The fourth-order valence-electron chi connectivity index (χ4n) is 2.74. The van der Waals surface area contributed by atoms with Crippen molar-refractivity contribution < 1.29 is 9.90 Å². The van der Waals surface area contributed by atoms with Gasteiger partial charge >= 0.3 is 0 Å². The summed E-state index contributed by atoms with van der Waals surface area (Å²) in [5, 5.41) is 16.1. The SMILES string of the molecule is CCNC(=O)C1CNCCN1C(C)c1ccccc1O. The topological polar surface area (TPSA) is 64.6 Å². The molecule has 1 aliphatic heterocycles. The Morgan fingerprint density at radius 3 is 3.00 bits per heavy atom. The molecule has 1 heterocycles. The van der Waals surface area contributed by atoms with Gasteiger partial charge in [-0.1, -0.05) is 18.2 Å². The third-order valence-corrected chi connectivity index (χ3v) is 3.82. The van der Waals surface area contributed by atoms with Gasteiger partial charge in [-0.2, -0.15) is 0 Å². The Balaban J connectivity index is 2.19. The average molecular weight is 277 g/mol. The minimum absolute atomic E-state index is 0.00547. The van der Waals surface area contributed by atoms with Crippen molar-refractivity contribution in [2.24, 2.45) is 0 Å². The van der Waals surface area contributed by atoms with Crippen LogP contribution in [0.1, 0.15) is 25.5 Å². The summed E-state index contributed by atoms with van der Waals surface area (Å²) in [6, 6.07) is 7.13. The van der Waals surface area contributed by atoms with Gasteiger partial charge in [0, 0.05) is 37.8 Å². The van der Waals surface area contributed by atoms with Gasteiger partial charge < -0.3 is 15.7 Å². The molecule has 0 aromatic heterocycles. The van der Waals surface area contributed by atoms with Crippen molar-refractivity contribution in [3.05, 3.63) is 29.8 Å². The quantitative estimate of drug-likeness (QED) is 0.764. The predicted octanol–water partition coefficient (Wildman–Crippen LogP) is 0.863. The van der Waals surface area contributed by atoms with Crippen molar-refractivity contribution in [2.75, 3.05) is 26.2 Å². The van der Waals surface area contributed by atoms with E-state index in [1.54, 1.807) is 6.07 Å². The lowest BCUT2D eigenvalue weighted by molar-refractivity contribution is -0.128. The molecule has 2 rings (SSSR count). The molecule has 0 radical (unpaired) electrons. The van der Waals surface area contributed by atoms with Gasteiger partial charge in [0.2, 0.25) is 5.91 Å². The third-order valence-electron chi connectivity index (χ3n) is 3.82. The molecule has 0 saturated carbocycles. The molecule has 0 aliphatic carbocycles. The number of hydrogen-bond acceptors (Lipinski definition) is 4. The number of piperazine rings is 1. The van der Waals surface area contributed by atoms with E-state index in [1.807, 2.05) is 32.0 Å². The molecule has 1 aromatic rings. The number of carbonyl (C=O) groups is 1. The molecule has 3 N–H and O–H groups in total. The van der Waals surface area contributed by atoms with Crippen LogP contribution in [0.15, 0.2) is 24.3 Å². The van der Waals surface area contributed by atoms with Crippen molar-refractivity contribution in [1.29, 1.82) is 0 Å². The van der Waals surface area contributed by atoms with Crippen LogP contribution in [0.3, 0.4) is 0 Å². The van der Waals surface area contributed by atoms with Crippen LogP contribution < -0.4 is 10.6 Å². The Labute approximate surface area is 120 Å². The number of nitrogens with zero attached hydrogens (tertiary/aromatic N) is 1. The lowest BCUT2D eigenvalue weighted by Gasteiger charge is -2.39. The summed E-state index contributed by atoms with van der Waals surface area (Å²) in [6.45, 7) is 6.88. The number of phenols is 1. The zero-order valence-electron chi connectivity index (χ0n) is 12.1. The molecule has 1 aliphatic rings. The number of hydrogen-bond donors (Lipinski definition) is 3. The molecule has 2 unspecified atom stereocenters. The van der Waals surface area contributed by atoms with E-state index in [2.05, 4.69) is 15.5 Å². The van der Waals surface area contributed by atoms with Gasteiger partial charge in [0.15, 0.2) is 0 Å². The Morgan fingerprint density at radius 2 is 2.30 bits per heavy atom. The highest BCUT2D eigenvalue weighted by Crippen LogP contribution is 2.29. The highest BCUT2D eigenvalue weighted by atomic mass is 16.3. The molecule has 1 amide bonds. The first-order valence-electron chi connectivity index (χ1n) is 7.17. The zero-order valence-corrected chi connectivity index (χ0v) is 12.1. The van der Waals surface area contributed by atoms with Gasteiger partial charge in [-0.25, -0.2) is 0 Å². The normalized spacial score (nSPS) is 21.4. The second kappa shape index (κ2) is 6.72. The van der Waals surface area contributed by atoms with Gasteiger partial charge in [0.25, 0.3) is 0 Å². The van der Waals surface area contributed by atoms with Gasteiger partial charge in [-0.05, 0) is 19.9 Å². The van der Waals surface area contributed by atoms with Crippen molar-refractivity contribution in [3.63, 3.8) is 0 Å². The molecule has 20 heavy (non-hydrogen) atoms. The van der Waals surface area contributed by atoms with Crippen LogP contribution >= 0.6 is 0 Å². The average Bonchev–Trinajstić information content (AvgIpc) is 2.47. The van der Waals surface area contributed by atoms with E-state index in [0.29, 0.717) is 13.1 Å². The number of carbonyl (C=O) groups excluding carboxylic acids is 1. The number of nitrogens with one attached hydrogen (secondary N) is 2. The maximum atomic E-state index is 12.2. The number of likely N-dealkylation sites (N-methyl/N-ethyl adjacent to an activating group) is 1. The number of aromatic hydroxyl groups is 1. The zero-order chi connectivity index (χ0) is 14.5. The molecule has 5 nitrogen and oxygen atoms in total. The molecule has 5 heteroatoms. The fraction of sp³-hybridized carbons (Fsp3) is 0.533. The van der Waals surface area contributed by atoms with Crippen LogP contribution in [-0.4, -0.2) is 48.1 Å². The van der Waals surface area contributed by atoms with Crippen LogP contribution in [0.5, 0.6) is 5.75 Å². The molecule has 0 spiro atoms. The second-order valence-electron chi connectivity index (χ2n) is 5.09. The maximum absolute atomic E-state index is 12.2. The van der Waals surface area contributed by atoms with E-state index >= 15 is 0 Å². The molecular weight excluding hydrogens is 254 g/mol. The van der Waals surface area contributed by atoms with Gasteiger partial charge in [0.05, 0.1) is 0 Å². The summed E-state index contributed by atoms with van der Waals surface area (Å²) in [4.78, 5) is 14.3. The molecule has 1 aromatic carbocycles. The third kappa shape index (κ3) is 3.11. The molecule has 1 fully saturated rings. The number of amides is 1. The predicted molar refractivity (Wildman–Crippen MR) is 78.6 cm³/mol. The molecule has 2 atom stereocenters. The highest BCUT2D eigenvalue weighted by molar-refractivity contribution is 5.82. The van der Waals surface area contributed by atoms with E-state index in [9.17, 15) is 9.90 Å². The van der Waals surface area contributed by atoms with Gasteiger partial charge in [-0.15, -0.1) is 0 Å². The van der Waals surface area contributed by atoms with Crippen LogP contribution in [0.25, 0.3) is 0 Å². The van der Waals surface area contributed by atoms with Crippen molar-refractivity contribution >= 4 is 5.91 Å². The summed E-state index contributed by atoms with van der Waals surface area (Å²) in [5.74, 6) is 0.329. The van der Waals surface area contributed by atoms with E-state index in [0.717, 1.165) is 18.7 Å². The van der Waals surface area contributed by atoms with E-state index in [4.69, 9.17) is 0 Å². The van der Waals surface area contributed by atoms with E-state index < -0.39 is 0 Å². The van der Waals surface area contributed by atoms with Crippen LogP contribution in [0.2, 0.25) is 0 Å². The van der Waals surface area contributed by atoms with Crippen LogP contribution in [-0.2, 0) is 4.79 Å². The van der Waals surface area contributed by atoms with Crippen molar-refractivity contribution in [2.45, 2.75) is 25.9 Å².